The molecule has 1 heterocycles. The molecule has 4 unspecified atom stereocenters. The fourth-order valence-electron chi connectivity index (χ4n) is 9.71. The van der Waals surface area contributed by atoms with Gasteiger partial charge in [0, 0.05) is 31.3 Å². The van der Waals surface area contributed by atoms with Crippen LogP contribution in [0.1, 0.15) is 78.6 Å². The third-order valence-electron chi connectivity index (χ3n) is 12.6. The summed E-state index contributed by atoms with van der Waals surface area (Å²) in [7, 11) is -0.454. The fourth-order valence-corrected chi connectivity index (χ4v) is 13.4. The topological polar surface area (TPSA) is 164 Å². The standard InChI is InChI=1S/C36H52O12Si/c1-19(2)49(44-10,20(3)4)48-24-16-25-35(18-45-25,47-32(41)43-9)28-30(46-31(40)22-14-12-11-13-15-22)36(42)17-23(37)21(5)26(33(36,6)7)27(38)29(39)34(24,28)8/h11-15,19-21,23-26,28,30,37,42H,16-18H2,1-10H3/t21?,23-,24-,25?,26?,28?,30-,34+,35-,36+/m0/s1. The average molecular weight is 705 g/mol. The van der Waals surface area contributed by atoms with Gasteiger partial charge in [-0.25, -0.2) is 9.59 Å². The molecular weight excluding hydrogens is 652 g/mol. The Bertz CT molecular complexity index is 1450. The molecule has 1 aliphatic heterocycles. The number of methoxy groups -OCH3 is 1. The minimum Gasteiger partial charge on any atom is -0.455 e. The van der Waals surface area contributed by atoms with Crippen LogP contribution >= 0.6 is 0 Å². The number of hydrogen-bond acceptors (Lipinski definition) is 12. The summed E-state index contributed by atoms with van der Waals surface area (Å²) in [5.74, 6) is -5.69. The van der Waals surface area contributed by atoms with E-state index in [0.29, 0.717) is 0 Å². The lowest BCUT2D eigenvalue weighted by Gasteiger charge is -2.68. The molecule has 13 heteroatoms. The van der Waals surface area contributed by atoms with Crippen molar-refractivity contribution in [2.24, 2.45) is 28.6 Å². The highest BCUT2D eigenvalue weighted by atomic mass is 28.4. The number of esters is 1. The van der Waals surface area contributed by atoms with Crippen LogP contribution in [-0.4, -0.2) is 98.9 Å². The van der Waals surface area contributed by atoms with Gasteiger partial charge in [-0.3, -0.25) is 9.59 Å². The van der Waals surface area contributed by atoms with E-state index in [2.05, 4.69) is 0 Å². The Hall–Kier alpha value is -2.68. The molecule has 2 bridgehead atoms. The summed E-state index contributed by atoms with van der Waals surface area (Å²) in [6.07, 6.45) is -6.12. The zero-order valence-electron chi connectivity index (χ0n) is 30.2. The van der Waals surface area contributed by atoms with Crippen LogP contribution < -0.4 is 0 Å². The molecule has 4 fully saturated rings. The number of carbonyl (C=O) groups excluding carboxylic acids is 4. The number of carbonyl (C=O) groups is 4. The molecule has 12 nitrogen and oxygen atoms in total. The molecule has 3 saturated carbocycles. The lowest BCUT2D eigenvalue weighted by atomic mass is 9.42. The van der Waals surface area contributed by atoms with Crippen LogP contribution in [0.5, 0.6) is 0 Å². The Balaban J connectivity index is 1.84. The zero-order chi connectivity index (χ0) is 36.5. The predicted octanol–water partition coefficient (Wildman–Crippen LogP) is 4.38. The second-order valence-corrected chi connectivity index (χ2v) is 20.2. The number of ether oxygens (including phenoxy) is 4. The fraction of sp³-hybridized carbons (Fsp3) is 0.722. The molecule has 49 heavy (non-hydrogen) atoms. The monoisotopic (exact) mass is 704 g/mol. The van der Waals surface area contributed by atoms with Crippen LogP contribution in [0.25, 0.3) is 0 Å². The first kappa shape index (κ1) is 37.6. The van der Waals surface area contributed by atoms with Gasteiger partial charge in [-0.1, -0.05) is 66.7 Å². The Morgan fingerprint density at radius 1 is 1.02 bits per heavy atom. The molecule has 0 radical (unpaired) electrons. The van der Waals surface area contributed by atoms with E-state index in [4.69, 9.17) is 27.8 Å². The minimum atomic E-state index is -3.17. The molecule has 1 aromatic rings. The number of rotatable bonds is 8. The number of benzene rings is 1. The van der Waals surface area contributed by atoms with E-state index in [-0.39, 0.29) is 36.1 Å². The summed E-state index contributed by atoms with van der Waals surface area (Å²) in [6.45, 7) is 14.3. The van der Waals surface area contributed by atoms with Gasteiger partial charge in [0.05, 0.1) is 42.8 Å². The molecule has 3 aliphatic carbocycles. The van der Waals surface area contributed by atoms with Gasteiger partial charge in [0.25, 0.3) is 0 Å². The van der Waals surface area contributed by atoms with Crippen molar-refractivity contribution >= 4 is 32.3 Å². The van der Waals surface area contributed by atoms with E-state index in [1.165, 1.54) is 0 Å². The first-order valence-electron chi connectivity index (χ1n) is 17.2. The van der Waals surface area contributed by atoms with Crippen molar-refractivity contribution in [3.8, 4) is 0 Å². The predicted molar refractivity (Wildman–Crippen MR) is 178 cm³/mol. The van der Waals surface area contributed by atoms with Crippen LogP contribution in [0.4, 0.5) is 4.79 Å². The van der Waals surface area contributed by atoms with Crippen LogP contribution in [-0.2, 0) is 37.4 Å². The molecule has 1 saturated heterocycles. The summed E-state index contributed by atoms with van der Waals surface area (Å²) in [5, 5.41) is 24.6. The lowest BCUT2D eigenvalue weighted by Crippen LogP contribution is -2.83. The van der Waals surface area contributed by atoms with E-state index >= 15 is 4.79 Å². The number of Topliss-reactive ketones (excluding diaryl/α,β-unsaturated/α-hetero) is 2. The Morgan fingerprint density at radius 2 is 1.63 bits per heavy atom. The van der Waals surface area contributed by atoms with Crippen molar-refractivity contribution in [1.82, 2.24) is 0 Å². The van der Waals surface area contributed by atoms with Gasteiger partial charge in [0.2, 0.25) is 11.6 Å². The van der Waals surface area contributed by atoms with Crippen LogP contribution in [0.15, 0.2) is 30.3 Å². The van der Waals surface area contributed by atoms with Crippen LogP contribution in [0.2, 0.25) is 11.1 Å². The number of hydrogen-bond donors (Lipinski definition) is 2. The smallest absolute Gasteiger partial charge is 0.455 e. The third kappa shape index (κ3) is 5.33. The average Bonchev–Trinajstić information content (AvgIpc) is 3.04. The first-order valence-corrected chi connectivity index (χ1v) is 19.1. The first-order chi connectivity index (χ1) is 22.8. The Kier molecular flexibility index (Phi) is 9.83. The second kappa shape index (κ2) is 12.8. The zero-order valence-corrected chi connectivity index (χ0v) is 31.2. The molecule has 10 atom stereocenters. The Labute approximate surface area is 289 Å². The van der Waals surface area contributed by atoms with Crippen LogP contribution in [0, 0.1) is 28.6 Å². The van der Waals surface area contributed by atoms with Crippen molar-refractivity contribution < 1.29 is 57.2 Å². The largest absolute Gasteiger partial charge is 0.508 e. The van der Waals surface area contributed by atoms with E-state index in [1.807, 2.05) is 27.7 Å². The van der Waals surface area contributed by atoms with Gasteiger partial charge in [-0.05, 0) is 36.1 Å². The van der Waals surface area contributed by atoms with Gasteiger partial charge in [0.1, 0.15) is 17.8 Å². The highest BCUT2D eigenvalue weighted by molar-refractivity contribution is 6.70. The van der Waals surface area contributed by atoms with Crippen molar-refractivity contribution in [3.63, 3.8) is 0 Å². The normalized spacial score (nSPS) is 38.4. The second-order valence-electron chi connectivity index (χ2n) is 15.8. The van der Waals surface area contributed by atoms with Crippen LogP contribution in [0.3, 0.4) is 0 Å². The molecule has 5 rings (SSSR count). The molecule has 1 aromatic carbocycles. The SMILES string of the molecule is COC(=O)O[C@@]12COC1C[C@H](O[Si](OC)(C(C)C)C(C)C)[C@@]1(C)C(=O)C(=O)C3C(C)[C@@H](O)C[C@@](O)([C@@H](OC(=O)c4ccccc4)C21)C3(C)C. The van der Waals surface area contributed by atoms with E-state index in [0.717, 1.165) is 7.11 Å². The molecule has 272 valence electrons. The maximum atomic E-state index is 15.2. The van der Waals surface area contributed by atoms with Gasteiger partial charge < -0.3 is 38.0 Å². The van der Waals surface area contributed by atoms with Gasteiger partial charge >= 0.3 is 20.7 Å². The summed E-state index contributed by atoms with van der Waals surface area (Å²) < 4.78 is 36.8. The van der Waals surface area contributed by atoms with Gasteiger partial charge in [-0.2, -0.15) is 0 Å². The number of aliphatic hydroxyl groups is 2. The van der Waals surface area contributed by atoms with E-state index in [1.54, 1.807) is 65.1 Å². The van der Waals surface area contributed by atoms with Gasteiger partial charge in [0.15, 0.2) is 5.60 Å². The molecule has 4 aliphatic rings. The summed E-state index contributed by atoms with van der Waals surface area (Å²) in [6, 6.07) is 8.18. The summed E-state index contributed by atoms with van der Waals surface area (Å²) in [4.78, 5) is 57.1. The molecule has 0 amide bonds. The van der Waals surface area contributed by atoms with E-state index < -0.39 is 96.5 Å². The quantitative estimate of drug-likeness (QED) is 0.223. The number of ketones is 2. The minimum absolute atomic E-state index is 0.0323. The summed E-state index contributed by atoms with van der Waals surface area (Å²) in [5.41, 5.74) is -7.09. The lowest BCUT2D eigenvalue weighted by molar-refractivity contribution is -0.347. The maximum Gasteiger partial charge on any atom is 0.508 e. The molecular formula is C36H52O12Si. The summed E-state index contributed by atoms with van der Waals surface area (Å²) >= 11 is 0. The number of aliphatic hydroxyl groups excluding tert-OH is 1. The van der Waals surface area contributed by atoms with Crippen molar-refractivity contribution in [1.29, 1.82) is 0 Å². The van der Waals surface area contributed by atoms with Crippen molar-refractivity contribution in [2.75, 3.05) is 20.8 Å². The highest BCUT2D eigenvalue weighted by Gasteiger charge is 2.80. The molecule has 0 aromatic heterocycles. The Morgan fingerprint density at radius 3 is 2.14 bits per heavy atom. The van der Waals surface area contributed by atoms with Crippen molar-refractivity contribution in [2.45, 2.75) is 115 Å². The highest BCUT2D eigenvalue weighted by Crippen LogP contribution is 2.65. The molecule has 0 spiro atoms. The molecule has 2 N–H and O–H groups in total. The van der Waals surface area contributed by atoms with Gasteiger partial charge in [-0.15, -0.1) is 0 Å². The number of fused-ring (bicyclic) bond motifs is 5. The third-order valence-corrected chi connectivity index (χ3v) is 17.1. The van der Waals surface area contributed by atoms with E-state index in [9.17, 15) is 24.6 Å². The maximum absolute atomic E-state index is 15.2. The van der Waals surface area contributed by atoms with Crippen molar-refractivity contribution in [3.05, 3.63) is 35.9 Å².